The number of nitrogens with one attached hydrogen (secondary N) is 2. The summed E-state index contributed by atoms with van der Waals surface area (Å²) in [5.74, 6) is 1.29. The summed E-state index contributed by atoms with van der Waals surface area (Å²) < 4.78 is 13.0. The van der Waals surface area contributed by atoms with Crippen LogP contribution in [0.25, 0.3) is 0 Å². The van der Waals surface area contributed by atoms with E-state index in [2.05, 4.69) is 27.5 Å². The zero-order valence-corrected chi connectivity index (χ0v) is 11.6. The second-order valence-electron chi connectivity index (χ2n) is 4.52. The Labute approximate surface area is 118 Å². The van der Waals surface area contributed by atoms with Gasteiger partial charge < -0.3 is 10.6 Å². The van der Waals surface area contributed by atoms with Crippen LogP contribution >= 0.6 is 0 Å². The molecule has 2 N–H and O–H groups in total. The summed E-state index contributed by atoms with van der Waals surface area (Å²) in [6.45, 7) is 3.66. The minimum atomic E-state index is -0.201. The molecule has 0 bridgehead atoms. The average Bonchev–Trinajstić information content (AvgIpc) is 2.46. The van der Waals surface area contributed by atoms with E-state index in [0.29, 0.717) is 6.54 Å². The summed E-state index contributed by atoms with van der Waals surface area (Å²) in [4.78, 5) is 8.53. The Hall–Kier alpha value is -2.17. The topological polar surface area (TPSA) is 49.8 Å². The van der Waals surface area contributed by atoms with Crippen molar-refractivity contribution in [2.24, 2.45) is 0 Å². The molecular formula is C15H19FN4. The van der Waals surface area contributed by atoms with Crippen LogP contribution in [0.2, 0.25) is 0 Å². The first kappa shape index (κ1) is 14.2. The summed E-state index contributed by atoms with van der Waals surface area (Å²) in [5, 5.41) is 6.38. The summed E-state index contributed by atoms with van der Waals surface area (Å²) in [6.07, 6.45) is 5.17. The van der Waals surface area contributed by atoms with Crippen molar-refractivity contribution in [2.45, 2.75) is 19.8 Å². The maximum atomic E-state index is 13.0. The smallest absolute Gasteiger partial charge is 0.146 e. The normalized spacial score (nSPS) is 10.3. The molecule has 1 aromatic heterocycles. The Kier molecular flexibility index (Phi) is 5.29. The minimum Gasteiger partial charge on any atom is -0.369 e. The third-order valence-corrected chi connectivity index (χ3v) is 2.80. The van der Waals surface area contributed by atoms with Crippen molar-refractivity contribution in [3.8, 4) is 0 Å². The van der Waals surface area contributed by atoms with Crippen molar-refractivity contribution >= 4 is 11.6 Å². The fourth-order valence-corrected chi connectivity index (χ4v) is 1.82. The van der Waals surface area contributed by atoms with E-state index in [1.165, 1.54) is 6.07 Å². The van der Waals surface area contributed by atoms with Gasteiger partial charge in [-0.2, -0.15) is 0 Å². The fraction of sp³-hybridized carbons (Fsp3) is 0.333. The van der Waals surface area contributed by atoms with Gasteiger partial charge in [0.1, 0.15) is 17.5 Å². The van der Waals surface area contributed by atoms with Gasteiger partial charge >= 0.3 is 0 Å². The zero-order valence-electron chi connectivity index (χ0n) is 11.6. The van der Waals surface area contributed by atoms with Gasteiger partial charge in [-0.1, -0.05) is 19.1 Å². The van der Waals surface area contributed by atoms with E-state index < -0.39 is 0 Å². The zero-order chi connectivity index (χ0) is 14.2. The lowest BCUT2D eigenvalue weighted by Gasteiger charge is -2.08. The molecule has 20 heavy (non-hydrogen) atoms. The van der Waals surface area contributed by atoms with E-state index in [1.54, 1.807) is 24.5 Å². The number of halogens is 1. The van der Waals surface area contributed by atoms with Gasteiger partial charge in [-0.15, -0.1) is 0 Å². The number of aromatic nitrogens is 2. The second-order valence-corrected chi connectivity index (χ2v) is 4.52. The van der Waals surface area contributed by atoms with E-state index in [1.807, 2.05) is 6.07 Å². The Balaban J connectivity index is 1.84. The monoisotopic (exact) mass is 274 g/mol. The Morgan fingerprint density at radius 3 is 2.55 bits per heavy atom. The predicted octanol–water partition coefficient (Wildman–Crippen LogP) is 3.09. The quantitative estimate of drug-likeness (QED) is 0.814. The first-order valence-electron chi connectivity index (χ1n) is 6.82. The van der Waals surface area contributed by atoms with Crippen LogP contribution in [-0.4, -0.2) is 23.1 Å². The number of rotatable bonds is 7. The van der Waals surface area contributed by atoms with Crippen molar-refractivity contribution in [2.75, 3.05) is 23.7 Å². The van der Waals surface area contributed by atoms with Gasteiger partial charge in [-0.05, 0) is 30.5 Å². The van der Waals surface area contributed by atoms with Gasteiger partial charge in [0.2, 0.25) is 0 Å². The molecule has 5 heteroatoms. The van der Waals surface area contributed by atoms with Crippen LogP contribution in [0.15, 0.2) is 36.7 Å². The molecule has 0 saturated carbocycles. The first-order valence-corrected chi connectivity index (χ1v) is 6.82. The molecule has 0 atom stereocenters. The molecule has 2 aromatic rings. The molecule has 0 unspecified atom stereocenters. The Morgan fingerprint density at radius 2 is 1.85 bits per heavy atom. The van der Waals surface area contributed by atoms with E-state index in [0.717, 1.165) is 36.6 Å². The van der Waals surface area contributed by atoms with Crippen LogP contribution in [0.3, 0.4) is 0 Å². The highest BCUT2D eigenvalue weighted by Crippen LogP contribution is 2.08. The highest BCUT2D eigenvalue weighted by molar-refractivity contribution is 5.41. The van der Waals surface area contributed by atoms with Crippen molar-refractivity contribution in [1.82, 2.24) is 9.97 Å². The molecular weight excluding hydrogens is 255 g/mol. The molecule has 0 fully saturated rings. The maximum Gasteiger partial charge on any atom is 0.146 e. The van der Waals surface area contributed by atoms with Crippen molar-refractivity contribution in [1.29, 1.82) is 0 Å². The van der Waals surface area contributed by atoms with Gasteiger partial charge in [0.05, 0.1) is 12.4 Å². The first-order chi connectivity index (χ1) is 9.78. The van der Waals surface area contributed by atoms with E-state index in [9.17, 15) is 4.39 Å². The molecule has 0 spiro atoms. The van der Waals surface area contributed by atoms with Crippen LogP contribution in [0.4, 0.5) is 16.0 Å². The number of anilines is 2. The van der Waals surface area contributed by atoms with Gasteiger partial charge in [0.25, 0.3) is 0 Å². The molecule has 0 aliphatic rings. The lowest BCUT2D eigenvalue weighted by Crippen LogP contribution is -2.09. The van der Waals surface area contributed by atoms with Gasteiger partial charge in [-0.25, -0.2) is 9.37 Å². The average molecular weight is 274 g/mol. The van der Waals surface area contributed by atoms with Crippen LogP contribution in [0.5, 0.6) is 0 Å². The Morgan fingerprint density at radius 1 is 1.10 bits per heavy atom. The third-order valence-electron chi connectivity index (χ3n) is 2.80. The number of hydrogen-bond acceptors (Lipinski definition) is 4. The third kappa shape index (κ3) is 4.50. The number of hydrogen-bond donors (Lipinski definition) is 2. The molecule has 4 nitrogen and oxygen atoms in total. The lowest BCUT2D eigenvalue weighted by atomic mass is 10.1. The molecule has 106 valence electrons. The summed E-state index contributed by atoms with van der Waals surface area (Å²) in [6, 6.07) is 6.63. The molecule has 2 rings (SSSR count). The number of benzene rings is 1. The van der Waals surface area contributed by atoms with Crippen LogP contribution in [0.1, 0.15) is 18.9 Å². The molecule has 1 heterocycles. The summed E-state index contributed by atoms with van der Waals surface area (Å²) in [7, 11) is 0. The van der Waals surface area contributed by atoms with E-state index in [4.69, 9.17) is 0 Å². The highest BCUT2D eigenvalue weighted by atomic mass is 19.1. The highest BCUT2D eigenvalue weighted by Gasteiger charge is 1.99. The molecule has 0 radical (unpaired) electrons. The van der Waals surface area contributed by atoms with Gasteiger partial charge in [0, 0.05) is 13.1 Å². The standard InChI is InChI=1S/C15H19FN4/c1-2-7-18-14-10-17-11-15(20-14)19-8-6-12-4-3-5-13(16)9-12/h3-5,9-11H,2,6-8H2,1H3,(H2,18,19,20). The van der Waals surface area contributed by atoms with Crippen molar-refractivity contribution in [3.05, 3.63) is 48.0 Å². The second kappa shape index (κ2) is 7.43. The molecule has 1 aromatic carbocycles. The SMILES string of the molecule is CCCNc1cncc(NCCc2cccc(F)c2)n1. The predicted molar refractivity (Wildman–Crippen MR) is 79.4 cm³/mol. The lowest BCUT2D eigenvalue weighted by molar-refractivity contribution is 0.625. The minimum absolute atomic E-state index is 0.201. The summed E-state index contributed by atoms with van der Waals surface area (Å²) in [5.41, 5.74) is 0.964. The Bertz CT molecular complexity index is 545. The van der Waals surface area contributed by atoms with Gasteiger partial charge in [0.15, 0.2) is 0 Å². The molecule has 0 amide bonds. The van der Waals surface area contributed by atoms with Crippen LogP contribution in [-0.2, 0) is 6.42 Å². The largest absolute Gasteiger partial charge is 0.369 e. The summed E-state index contributed by atoms with van der Waals surface area (Å²) >= 11 is 0. The van der Waals surface area contributed by atoms with E-state index in [-0.39, 0.29) is 5.82 Å². The van der Waals surface area contributed by atoms with E-state index >= 15 is 0 Å². The van der Waals surface area contributed by atoms with Crippen LogP contribution in [0, 0.1) is 5.82 Å². The van der Waals surface area contributed by atoms with Crippen LogP contribution < -0.4 is 10.6 Å². The fourth-order valence-electron chi connectivity index (χ4n) is 1.82. The van der Waals surface area contributed by atoms with Crippen molar-refractivity contribution in [3.63, 3.8) is 0 Å². The van der Waals surface area contributed by atoms with Gasteiger partial charge in [-0.3, -0.25) is 4.98 Å². The van der Waals surface area contributed by atoms with Crippen molar-refractivity contribution < 1.29 is 4.39 Å². The molecule has 0 aliphatic heterocycles. The maximum absolute atomic E-state index is 13.0. The molecule has 0 saturated heterocycles. The number of nitrogens with zero attached hydrogens (tertiary/aromatic N) is 2. The molecule has 0 aliphatic carbocycles.